The van der Waals surface area contributed by atoms with E-state index >= 15 is 0 Å². The average Bonchev–Trinajstić information content (AvgIpc) is 2.69. The van der Waals surface area contributed by atoms with E-state index in [1.807, 2.05) is 0 Å². The highest BCUT2D eigenvalue weighted by molar-refractivity contribution is 5.95. The van der Waals surface area contributed by atoms with E-state index in [-0.39, 0.29) is 11.9 Å². The highest BCUT2D eigenvalue weighted by atomic mass is 16.5. The first-order chi connectivity index (χ1) is 12.6. The van der Waals surface area contributed by atoms with Crippen LogP contribution in [-0.4, -0.2) is 67.6 Å². The van der Waals surface area contributed by atoms with Crippen molar-refractivity contribution in [2.24, 2.45) is 0 Å². The topological polar surface area (TPSA) is 70.8 Å². The van der Waals surface area contributed by atoms with E-state index in [4.69, 9.17) is 10.5 Å². The highest BCUT2D eigenvalue weighted by Gasteiger charge is 2.28. The maximum atomic E-state index is 12.5. The Bertz CT molecular complexity index is 606. The third kappa shape index (κ3) is 4.48. The Labute approximate surface area is 156 Å². The number of methoxy groups -OCH3 is 1. The third-order valence-corrected chi connectivity index (χ3v) is 5.90. The van der Waals surface area contributed by atoms with Crippen LogP contribution >= 0.6 is 0 Å². The number of amides is 1. The predicted molar refractivity (Wildman–Crippen MR) is 105 cm³/mol. The third-order valence-electron chi connectivity index (χ3n) is 5.90. The Hall–Kier alpha value is -1.79. The number of ether oxygens (including phenoxy) is 1. The molecule has 1 amide bonds. The van der Waals surface area contributed by atoms with Crippen molar-refractivity contribution in [2.75, 3.05) is 45.6 Å². The van der Waals surface area contributed by atoms with Crippen molar-refractivity contribution in [3.63, 3.8) is 0 Å². The van der Waals surface area contributed by atoms with Crippen molar-refractivity contribution in [1.29, 1.82) is 0 Å². The SMILES string of the molecule is CCN1CCN([C@H]2CC[C@@H](NC(=O)c3ccc(N)c(OC)c3)CC2)CC1. The Morgan fingerprint density at radius 2 is 1.88 bits per heavy atom. The molecule has 1 heterocycles. The number of nitrogen functional groups attached to an aromatic ring is 1. The number of rotatable bonds is 5. The van der Waals surface area contributed by atoms with Gasteiger partial charge in [0, 0.05) is 43.8 Å². The molecule has 0 unspecified atom stereocenters. The Balaban J connectivity index is 1.47. The van der Waals surface area contributed by atoms with Gasteiger partial charge in [-0.2, -0.15) is 0 Å². The quantitative estimate of drug-likeness (QED) is 0.786. The lowest BCUT2D eigenvalue weighted by molar-refractivity contribution is 0.0730. The standard InChI is InChI=1S/C20H32N4O2/c1-3-23-10-12-24(13-11-23)17-7-5-16(6-8-17)22-20(25)15-4-9-18(21)19(14-15)26-2/h4,9,14,16-17H,3,5-8,10-13,21H2,1-2H3,(H,22,25)/t16-,17+. The molecule has 1 aliphatic heterocycles. The summed E-state index contributed by atoms with van der Waals surface area (Å²) in [7, 11) is 1.56. The predicted octanol–water partition coefficient (Wildman–Crippen LogP) is 1.96. The number of nitrogens with zero attached hydrogens (tertiary/aromatic N) is 2. The van der Waals surface area contributed by atoms with Crippen LogP contribution in [0.15, 0.2) is 18.2 Å². The van der Waals surface area contributed by atoms with E-state index in [0.717, 1.165) is 19.4 Å². The Morgan fingerprint density at radius 1 is 1.19 bits per heavy atom. The van der Waals surface area contributed by atoms with Crippen LogP contribution in [0.3, 0.4) is 0 Å². The molecule has 0 aromatic heterocycles. The van der Waals surface area contributed by atoms with Gasteiger partial charge in [0.2, 0.25) is 0 Å². The second-order valence-electron chi connectivity index (χ2n) is 7.41. The smallest absolute Gasteiger partial charge is 0.251 e. The maximum Gasteiger partial charge on any atom is 0.251 e. The van der Waals surface area contributed by atoms with Crippen LogP contribution in [0, 0.1) is 0 Å². The number of piperazine rings is 1. The van der Waals surface area contributed by atoms with Crippen LogP contribution in [0.1, 0.15) is 43.0 Å². The molecule has 1 saturated heterocycles. The molecule has 144 valence electrons. The minimum atomic E-state index is -0.0386. The van der Waals surface area contributed by atoms with E-state index in [2.05, 4.69) is 22.0 Å². The minimum Gasteiger partial charge on any atom is -0.495 e. The van der Waals surface area contributed by atoms with Crippen molar-refractivity contribution in [3.8, 4) is 5.75 Å². The zero-order valence-electron chi connectivity index (χ0n) is 16.0. The summed E-state index contributed by atoms with van der Waals surface area (Å²) in [6, 6.07) is 6.13. The number of carbonyl (C=O) groups is 1. The van der Waals surface area contributed by atoms with Gasteiger partial charge in [-0.25, -0.2) is 0 Å². The molecule has 0 radical (unpaired) electrons. The van der Waals surface area contributed by atoms with Crippen LogP contribution in [0.2, 0.25) is 0 Å². The van der Waals surface area contributed by atoms with Gasteiger partial charge in [0.05, 0.1) is 12.8 Å². The maximum absolute atomic E-state index is 12.5. The molecule has 0 spiro atoms. The molecule has 6 heteroatoms. The molecule has 2 aliphatic rings. The van der Waals surface area contributed by atoms with Gasteiger partial charge in [-0.1, -0.05) is 6.92 Å². The fourth-order valence-electron chi connectivity index (χ4n) is 4.15. The molecule has 1 aromatic carbocycles. The molecule has 3 rings (SSSR count). The first kappa shape index (κ1) is 19.0. The van der Waals surface area contributed by atoms with Crippen molar-refractivity contribution in [1.82, 2.24) is 15.1 Å². The van der Waals surface area contributed by atoms with Gasteiger partial charge >= 0.3 is 0 Å². The number of nitrogens with two attached hydrogens (primary N) is 1. The van der Waals surface area contributed by atoms with E-state index in [1.54, 1.807) is 25.3 Å². The summed E-state index contributed by atoms with van der Waals surface area (Å²) in [4.78, 5) is 17.7. The van der Waals surface area contributed by atoms with Gasteiger partial charge in [-0.3, -0.25) is 9.69 Å². The van der Waals surface area contributed by atoms with Gasteiger partial charge < -0.3 is 20.7 Å². The Morgan fingerprint density at radius 3 is 2.50 bits per heavy atom. The number of hydrogen-bond donors (Lipinski definition) is 2. The highest BCUT2D eigenvalue weighted by Crippen LogP contribution is 2.25. The number of likely N-dealkylation sites (N-methyl/N-ethyl adjacent to an activating group) is 1. The summed E-state index contributed by atoms with van der Waals surface area (Å²) in [5, 5.41) is 3.18. The van der Waals surface area contributed by atoms with Gasteiger partial charge in [0.25, 0.3) is 5.91 Å². The molecule has 26 heavy (non-hydrogen) atoms. The zero-order chi connectivity index (χ0) is 18.5. The molecule has 6 nitrogen and oxygen atoms in total. The first-order valence-electron chi connectivity index (χ1n) is 9.81. The van der Waals surface area contributed by atoms with Gasteiger partial charge in [0.1, 0.15) is 5.75 Å². The van der Waals surface area contributed by atoms with Crippen molar-refractivity contribution < 1.29 is 9.53 Å². The van der Waals surface area contributed by atoms with Crippen LogP contribution in [-0.2, 0) is 0 Å². The summed E-state index contributed by atoms with van der Waals surface area (Å²) < 4.78 is 5.21. The van der Waals surface area contributed by atoms with E-state index in [9.17, 15) is 4.79 Å². The molecule has 1 saturated carbocycles. The van der Waals surface area contributed by atoms with Crippen LogP contribution in [0.5, 0.6) is 5.75 Å². The second-order valence-corrected chi connectivity index (χ2v) is 7.41. The number of anilines is 1. The number of nitrogens with one attached hydrogen (secondary N) is 1. The molecular formula is C20H32N4O2. The molecule has 0 bridgehead atoms. The van der Waals surface area contributed by atoms with Gasteiger partial charge in [-0.15, -0.1) is 0 Å². The zero-order valence-corrected chi connectivity index (χ0v) is 16.0. The molecule has 2 fully saturated rings. The molecule has 1 aliphatic carbocycles. The van der Waals surface area contributed by atoms with Crippen molar-refractivity contribution in [2.45, 2.75) is 44.7 Å². The van der Waals surface area contributed by atoms with Crippen LogP contribution in [0.4, 0.5) is 5.69 Å². The fourth-order valence-corrected chi connectivity index (χ4v) is 4.15. The molecule has 0 atom stereocenters. The summed E-state index contributed by atoms with van der Waals surface area (Å²) in [5.74, 6) is 0.510. The number of hydrogen-bond acceptors (Lipinski definition) is 5. The van der Waals surface area contributed by atoms with Gasteiger partial charge in [0.15, 0.2) is 0 Å². The van der Waals surface area contributed by atoms with Crippen molar-refractivity contribution >= 4 is 11.6 Å². The molecular weight excluding hydrogens is 328 g/mol. The lowest BCUT2D eigenvalue weighted by Gasteiger charge is -2.41. The average molecular weight is 361 g/mol. The lowest BCUT2D eigenvalue weighted by Crippen LogP contribution is -2.52. The lowest BCUT2D eigenvalue weighted by atomic mass is 9.89. The van der Waals surface area contributed by atoms with E-state index in [0.29, 0.717) is 23.0 Å². The van der Waals surface area contributed by atoms with Crippen LogP contribution < -0.4 is 15.8 Å². The second kappa shape index (κ2) is 8.73. The number of benzene rings is 1. The van der Waals surface area contributed by atoms with Crippen molar-refractivity contribution in [3.05, 3.63) is 23.8 Å². The summed E-state index contributed by atoms with van der Waals surface area (Å²) >= 11 is 0. The van der Waals surface area contributed by atoms with E-state index < -0.39 is 0 Å². The molecule has 3 N–H and O–H groups in total. The fraction of sp³-hybridized carbons (Fsp3) is 0.650. The van der Waals surface area contributed by atoms with Crippen LogP contribution in [0.25, 0.3) is 0 Å². The monoisotopic (exact) mass is 360 g/mol. The largest absolute Gasteiger partial charge is 0.495 e. The minimum absolute atomic E-state index is 0.0386. The Kier molecular flexibility index (Phi) is 6.38. The van der Waals surface area contributed by atoms with Gasteiger partial charge in [-0.05, 0) is 50.4 Å². The van der Waals surface area contributed by atoms with E-state index in [1.165, 1.54) is 39.0 Å². The summed E-state index contributed by atoms with van der Waals surface area (Å²) in [6.45, 7) is 8.13. The normalized spacial score (nSPS) is 25.0. The summed E-state index contributed by atoms with van der Waals surface area (Å²) in [6.07, 6.45) is 4.44. The molecule has 1 aromatic rings. The first-order valence-corrected chi connectivity index (χ1v) is 9.81. The summed E-state index contributed by atoms with van der Waals surface area (Å²) in [5.41, 5.74) is 6.98. The number of carbonyl (C=O) groups excluding carboxylic acids is 1.